The van der Waals surface area contributed by atoms with Gasteiger partial charge in [0.15, 0.2) is 11.5 Å². The number of thiophene rings is 1. The highest BCUT2D eigenvalue weighted by Crippen LogP contribution is 2.38. The maximum Gasteiger partial charge on any atom is 0.241 e. The van der Waals surface area contributed by atoms with Crippen LogP contribution in [0.4, 0.5) is 0 Å². The summed E-state index contributed by atoms with van der Waals surface area (Å²) < 4.78 is 16.9. The van der Waals surface area contributed by atoms with E-state index < -0.39 is 0 Å². The van der Waals surface area contributed by atoms with E-state index in [0.717, 1.165) is 35.8 Å². The molecule has 5 rings (SSSR count). The lowest BCUT2D eigenvalue weighted by Gasteiger charge is -2.25. The van der Waals surface area contributed by atoms with E-state index in [1.54, 1.807) is 11.3 Å². The van der Waals surface area contributed by atoms with Gasteiger partial charge in [-0.05, 0) is 48.5 Å². The fourth-order valence-electron chi connectivity index (χ4n) is 3.66. The van der Waals surface area contributed by atoms with Gasteiger partial charge in [-0.15, -0.1) is 11.3 Å². The van der Waals surface area contributed by atoms with Crippen molar-refractivity contribution in [2.75, 3.05) is 19.8 Å². The topological polar surface area (TPSA) is 60.6 Å². The molecule has 0 aliphatic carbocycles. The highest BCUT2D eigenvalue weighted by atomic mass is 32.1. The summed E-state index contributed by atoms with van der Waals surface area (Å²) in [6, 6.07) is 10.6. The van der Waals surface area contributed by atoms with E-state index >= 15 is 0 Å². The number of hydrogen-bond donors (Lipinski definition) is 0. The first kappa shape index (κ1) is 15.8. The van der Waals surface area contributed by atoms with Crippen molar-refractivity contribution < 1.29 is 14.0 Å². The summed E-state index contributed by atoms with van der Waals surface area (Å²) in [6.45, 7) is 2.91. The molecular formula is C19H19N3O3S. The SMILES string of the molecule is c1csc(-c2noc(CN3CCC[C@@H]3c3ccc4c(c3)OCCO4)n2)c1. The Kier molecular flexibility index (Phi) is 4.10. The Labute approximate surface area is 155 Å². The summed E-state index contributed by atoms with van der Waals surface area (Å²) in [6.07, 6.45) is 2.27. The number of rotatable bonds is 4. The lowest BCUT2D eigenvalue weighted by Crippen LogP contribution is -2.23. The molecule has 0 N–H and O–H groups in total. The standard InChI is InChI=1S/C19H19N3O3S/c1-3-14(13-5-6-15-16(11-13)24-9-8-23-15)22(7-1)12-18-20-19(21-25-18)17-4-2-10-26-17/h2,4-6,10-11,14H,1,3,7-9,12H2/t14-/m1/s1. The first-order valence-electron chi connectivity index (χ1n) is 8.87. The van der Waals surface area contributed by atoms with Crippen molar-refractivity contribution in [1.29, 1.82) is 0 Å². The zero-order chi connectivity index (χ0) is 17.3. The van der Waals surface area contributed by atoms with Crippen LogP contribution in [-0.4, -0.2) is 34.8 Å². The van der Waals surface area contributed by atoms with E-state index in [0.29, 0.717) is 37.5 Å². The van der Waals surface area contributed by atoms with Crippen molar-refractivity contribution in [2.45, 2.75) is 25.4 Å². The van der Waals surface area contributed by atoms with Gasteiger partial charge in [0, 0.05) is 6.04 Å². The molecule has 1 saturated heterocycles. The summed E-state index contributed by atoms with van der Waals surface area (Å²) in [5.41, 5.74) is 1.25. The van der Waals surface area contributed by atoms with Gasteiger partial charge in [0.25, 0.3) is 0 Å². The Morgan fingerprint density at radius 2 is 2.08 bits per heavy atom. The fourth-order valence-corrected chi connectivity index (χ4v) is 4.31. The van der Waals surface area contributed by atoms with Crippen LogP contribution in [0.25, 0.3) is 10.7 Å². The Bertz CT molecular complexity index is 893. The van der Waals surface area contributed by atoms with Gasteiger partial charge >= 0.3 is 0 Å². The largest absolute Gasteiger partial charge is 0.486 e. The zero-order valence-electron chi connectivity index (χ0n) is 14.3. The maximum atomic E-state index is 5.74. The highest BCUT2D eigenvalue weighted by molar-refractivity contribution is 7.13. The summed E-state index contributed by atoms with van der Waals surface area (Å²) >= 11 is 1.62. The predicted octanol–water partition coefficient (Wildman–Crippen LogP) is 3.91. The second kappa shape index (κ2) is 6.74. The third-order valence-electron chi connectivity index (χ3n) is 4.86. The van der Waals surface area contributed by atoms with Crippen molar-refractivity contribution in [2.24, 2.45) is 0 Å². The van der Waals surface area contributed by atoms with E-state index in [9.17, 15) is 0 Å². The molecule has 0 bridgehead atoms. The van der Waals surface area contributed by atoms with Crippen LogP contribution in [0.3, 0.4) is 0 Å². The van der Waals surface area contributed by atoms with E-state index in [2.05, 4.69) is 27.2 Å². The van der Waals surface area contributed by atoms with Gasteiger partial charge in [0.05, 0.1) is 11.4 Å². The van der Waals surface area contributed by atoms with Gasteiger partial charge in [-0.2, -0.15) is 4.98 Å². The van der Waals surface area contributed by atoms with Crippen LogP contribution in [0.5, 0.6) is 11.5 Å². The van der Waals surface area contributed by atoms with Gasteiger partial charge in [-0.25, -0.2) is 0 Å². The Morgan fingerprint density at radius 3 is 2.96 bits per heavy atom. The molecule has 0 spiro atoms. The molecule has 2 aliphatic rings. The molecule has 1 aromatic carbocycles. The van der Waals surface area contributed by atoms with Crippen LogP contribution >= 0.6 is 11.3 Å². The minimum absolute atomic E-state index is 0.336. The fraction of sp³-hybridized carbons (Fsp3) is 0.368. The average Bonchev–Trinajstić information content (AvgIpc) is 3.43. The molecule has 0 saturated carbocycles. The molecule has 134 valence electrons. The predicted molar refractivity (Wildman–Crippen MR) is 97.4 cm³/mol. The van der Waals surface area contributed by atoms with Gasteiger partial charge in [-0.1, -0.05) is 17.3 Å². The van der Waals surface area contributed by atoms with Crippen LogP contribution in [-0.2, 0) is 6.54 Å². The smallest absolute Gasteiger partial charge is 0.241 e. The molecule has 7 heteroatoms. The van der Waals surface area contributed by atoms with E-state index in [-0.39, 0.29) is 0 Å². The average molecular weight is 369 g/mol. The first-order chi connectivity index (χ1) is 12.9. The van der Waals surface area contributed by atoms with Crippen LogP contribution < -0.4 is 9.47 Å². The zero-order valence-corrected chi connectivity index (χ0v) is 15.1. The van der Waals surface area contributed by atoms with Crippen molar-refractivity contribution in [3.63, 3.8) is 0 Å². The summed E-state index contributed by atoms with van der Waals surface area (Å²) in [4.78, 5) is 7.99. The molecule has 0 amide bonds. The quantitative estimate of drug-likeness (QED) is 0.695. The highest BCUT2D eigenvalue weighted by Gasteiger charge is 2.29. The van der Waals surface area contributed by atoms with E-state index in [4.69, 9.17) is 14.0 Å². The number of hydrogen-bond acceptors (Lipinski definition) is 7. The maximum absolute atomic E-state index is 5.74. The lowest BCUT2D eigenvalue weighted by atomic mass is 10.0. The van der Waals surface area contributed by atoms with Gasteiger partial charge < -0.3 is 14.0 Å². The molecule has 3 aromatic rings. The van der Waals surface area contributed by atoms with E-state index in [1.165, 1.54) is 5.56 Å². The summed E-state index contributed by atoms with van der Waals surface area (Å²) in [5.74, 6) is 3.02. The molecule has 6 nitrogen and oxygen atoms in total. The van der Waals surface area contributed by atoms with Gasteiger partial charge in [0.2, 0.25) is 11.7 Å². The van der Waals surface area contributed by atoms with Crippen LogP contribution in [0.15, 0.2) is 40.2 Å². The van der Waals surface area contributed by atoms with Gasteiger partial charge in [-0.3, -0.25) is 4.90 Å². The molecule has 2 aliphatic heterocycles. The van der Waals surface area contributed by atoms with E-state index in [1.807, 2.05) is 23.6 Å². The number of benzene rings is 1. The van der Waals surface area contributed by atoms with Gasteiger partial charge in [0.1, 0.15) is 13.2 Å². The number of ether oxygens (including phenoxy) is 2. The third-order valence-corrected chi connectivity index (χ3v) is 5.73. The first-order valence-corrected chi connectivity index (χ1v) is 9.75. The molecular weight excluding hydrogens is 350 g/mol. The number of nitrogens with zero attached hydrogens (tertiary/aromatic N) is 3. The number of fused-ring (bicyclic) bond motifs is 1. The summed E-state index contributed by atoms with van der Waals surface area (Å²) in [7, 11) is 0. The Balaban J connectivity index is 1.34. The number of aromatic nitrogens is 2. The van der Waals surface area contributed by atoms with Crippen LogP contribution in [0.2, 0.25) is 0 Å². The van der Waals surface area contributed by atoms with Crippen molar-refractivity contribution >= 4 is 11.3 Å². The second-order valence-electron chi connectivity index (χ2n) is 6.52. The molecule has 4 heterocycles. The van der Waals surface area contributed by atoms with Crippen LogP contribution in [0, 0.1) is 0 Å². The third kappa shape index (κ3) is 2.97. The van der Waals surface area contributed by atoms with Crippen LogP contribution in [0.1, 0.15) is 30.3 Å². The monoisotopic (exact) mass is 369 g/mol. The van der Waals surface area contributed by atoms with Crippen molar-refractivity contribution in [3.05, 3.63) is 47.2 Å². The molecule has 0 unspecified atom stereocenters. The van der Waals surface area contributed by atoms with Crippen molar-refractivity contribution in [1.82, 2.24) is 15.0 Å². The van der Waals surface area contributed by atoms with Crippen molar-refractivity contribution in [3.8, 4) is 22.2 Å². The summed E-state index contributed by atoms with van der Waals surface area (Å²) in [5, 5.41) is 6.13. The molecule has 0 radical (unpaired) electrons. The molecule has 1 fully saturated rings. The lowest BCUT2D eigenvalue weighted by molar-refractivity contribution is 0.170. The number of likely N-dealkylation sites (tertiary alicyclic amines) is 1. The normalized spacial score (nSPS) is 19.8. The molecule has 1 atom stereocenters. The minimum Gasteiger partial charge on any atom is -0.486 e. The Morgan fingerprint density at radius 1 is 1.15 bits per heavy atom. The molecule has 26 heavy (non-hydrogen) atoms. The Hall–Kier alpha value is -2.38. The molecule has 2 aromatic heterocycles. The second-order valence-corrected chi connectivity index (χ2v) is 7.47. The minimum atomic E-state index is 0.336.